The standard InChI is InChI=1S/C8H8Cl2O2/c9-5-8(11)12-7-3-1-6(10)2-4-7/h1-4,8,11H,5H2. The highest BCUT2D eigenvalue weighted by Gasteiger charge is 2.02. The maximum Gasteiger partial charge on any atom is 0.211 e. The van der Waals surface area contributed by atoms with Gasteiger partial charge in [-0.2, -0.15) is 0 Å². The Morgan fingerprint density at radius 3 is 2.42 bits per heavy atom. The average Bonchev–Trinajstić information content (AvgIpc) is 2.09. The lowest BCUT2D eigenvalue weighted by Gasteiger charge is -2.09. The highest BCUT2D eigenvalue weighted by molar-refractivity contribution is 6.30. The molecule has 0 saturated carbocycles. The summed E-state index contributed by atoms with van der Waals surface area (Å²) >= 11 is 11.0. The van der Waals surface area contributed by atoms with Crippen LogP contribution < -0.4 is 4.74 Å². The van der Waals surface area contributed by atoms with E-state index in [2.05, 4.69) is 0 Å². The van der Waals surface area contributed by atoms with Gasteiger partial charge >= 0.3 is 0 Å². The van der Waals surface area contributed by atoms with Crippen LogP contribution in [-0.2, 0) is 0 Å². The molecule has 0 bridgehead atoms. The smallest absolute Gasteiger partial charge is 0.211 e. The number of rotatable bonds is 3. The Bertz CT molecular complexity index is 235. The van der Waals surface area contributed by atoms with E-state index in [-0.39, 0.29) is 5.88 Å². The number of hydrogen-bond acceptors (Lipinski definition) is 2. The zero-order chi connectivity index (χ0) is 8.97. The number of ether oxygens (including phenoxy) is 1. The molecule has 1 rings (SSSR count). The number of aliphatic hydroxyl groups is 1. The molecular weight excluding hydrogens is 199 g/mol. The minimum atomic E-state index is -0.965. The largest absolute Gasteiger partial charge is 0.464 e. The van der Waals surface area contributed by atoms with Gasteiger partial charge in [-0.25, -0.2) is 0 Å². The van der Waals surface area contributed by atoms with Gasteiger partial charge in [-0.05, 0) is 24.3 Å². The van der Waals surface area contributed by atoms with Crippen LogP contribution in [0, 0.1) is 0 Å². The first-order valence-electron chi connectivity index (χ1n) is 3.38. The summed E-state index contributed by atoms with van der Waals surface area (Å²) in [5, 5.41) is 9.62. The van der Waals surface area contributed by atoms with Crippen LogP contribution in [0.2, 0.25) is 5.02 Å². The molecule has 1 atom stereocenters. The van der Waals surface area contributed by atoms with Crippen LogP contribution in [0.15, 0.2) is 24.3 Å². The summed E-state index contributed by atoms with van der Waals surface area (Å²) in [6, 6.07) is 6.69. The van der Waals surface area contributed by atoms with Gasteiger partial charge in [-0.3, -0.25) is 0 Å². The van der Waals surface area contributed by atoms with Crippen LogP contribution >= 0.6 is 23.2 Å². The van der Waals surface area contributed by atoms with E-state index < -0.39 is 6.29 Å². The van der Waals surface area contributed by atoms with Crippen molar-refractivity contribution in [1.29, 1.82) is 0 Å². The second kappa shape index (κ2) is 4.55. The molecule has 0 amide bonds. The lowest BCUT2D eigenvalue weighted by atomic mass is 10.3. The summed E-state index contributed by atoms with van der Waals surface area (Å²) in [4.78, 5) is 0. The van der Waals surface area contributed by atoms with Crippen molar-refractivity contribution in [2.45, 2.75) is 6.29 Å². The fourth-order valence-electron chi connectivity index (χ4n) is 0.702. The van der Waals surface area contributed by atoms with Crippen molar-refractivity contribution < 1.29 is 9.84 Å². The molecule has 0 aromatic heterocycles. The van der Waals surface area contributed by atoms with Gasteiger partial charge in [-0.1, -0.05) is 11.6 Å². The van der Waals surface area contributed by atoms with Gasteiger partial charge in [0.2, 0.25) is 6.29 Å². The number of alkyl halides is 1. The highest BCUT2D eigenvalue weighted by atomic mass is 35.5. The van der Waals surface area contributed by atoms with Crippen molar-refractivity contribution in [2.75, 3.05) is 5.88 Å². The van der Waals surface area contributed by atoms with Crippen molar-refractivity contribution in [2.24, 2.45) is 0 Å². The molecule has 0 spiro atoms. The maximum atomic E-state index is 8.99. The van der Waals surface area contributed by atoms with E-state index in [0.29, 0.717) is 10.8 Å². The molecule has 1 N–H and O–H groups in total. The number of benzene rings is 1. The molecule has 0 fully saturated rings. The number of aliphatic hydroxyl groups excluding tert-OH is 1. The Morgan fingerprint density at radius 2 is 1.92 bits per heavy atom. The van der Waals surface area contributed by atoms with E-state index in [9.17, 15) is 0 Å². The molecule has 2 nitrogen and oxygen atoms in total. The first-order chi connectivity index (χ1) is 5.72. The second-order valence-corrected chi connectivity index (χ2v) is 2.93. The first kappa shape index (κ1) is 9.65. The van der Waals surface area contributed by atoms with Crippen LogP contribution in [0.4, 0.5) is 0 Å². The van der Waals surface area contributed by atoms with E-state index >= 15 is 0 Å². The lowest BCUT2D eigenvalue weighted by Crippen LogP contribution is -2.16. The van der Waals surface area contributed by atoms with Crippen LogP contribution in [-0.4, -0.2) is 17.3 Å². The molecular formula is C8H8Cl2O2. The van der Waals surface area contributed by atoms with Crippen LogP contribution in [0.5, 0.6) is 5.75 Å². The molecule has 66 valence electrons. The Morgan fingerprint density at radius 1 is 1.33 bits per heavy atom. The van der Waals surface area contributed by atoms with Gasteiger partial charge in [-0.15, -0.1) is 11.6 Å². The lowest BCUT2D eigenvalue weighted by molar-refractivity contribution is 0.00271. The molecule has 0 aliphatic heterocycles. The van der Waals surface area contributed by atoms with Gasteiger partial charge in [0.05, 0.1) is 5.88 Å². The van der Waals surface area contributed by atoms with Crippen molar-refractivity contribution in [1.82, 2.24) is 0 Å². The summed E-state index contributed by atoms with van der Waals surface area (Å²) in [6.07, 6.45) is -0.965. The molecule has 0 saturated heterocycles. The molecule has 0 radical (unpaired) electrons. The summed E-state index contributed by atoms with van der Waals surface area (Å²) in [5.74, 6) is 0.593. The van der Waals surface area contributed by atoms with Crippen molar-refractivity contribution in [3.63, 3.8) is 0 Å². The Kier molecular flexibility index (Phi) is 3.66. The third-order valence-corrected chi connectivity index (χ3v) is 1.73. The van der Waals surface area contributed by atoms with Crippen molar-refractivity contribution in [3.05, 3.63) is 29.3 Å². The average molecular weight is 207 g/mol. The fraction of sp³-hybridized carbons (Fsp3) is 0.250. The third kappa shape index (κ3) is 2.89. The SMILES string of the molecule is OC(CCl)Oc1ccc(Cl)cc1. The zero-order valence-corrected chi connectivity index (χ0v) is 7.72. The van der Waals surface area contributed by atoms with E-state index in [1.807, 2.05) is 0 Å². The predicted molar refractivity (Wildman–Crippen MR) is 48.8 cm³/mol. The molecule has 1 aromatic carbocycles. The van der Waals surface area contributed by atoms with Gasteiger partial charge in [0.15, 0.2) is 0 Å². The predicted octanol–water partition coefficient (Wildman–Crippen LogP) is 2.28. The van der Waals surface area contributed by atoms with Crippen LogP contribution in [0.1, 0.15) is 0 Å². The second-order valence-electron chi connectivity index (χ2n) is 2.18. The molecule has 1 aromatic rings. The van der Waals surface area contributed by atoms with Crippen molar-refractivity contribution in [3.8, 4) is 5.75 Å². The summed E-state index contributed by atoms with van der Waals surface area (Å²) in [6.45, 7) is 0. The quantitative estimate of drug-likeness (QED) is 0.608. The molecule has 0 aliphatic rings. The summed E-state index contributed by atoms with van der Waals surface area (Å²) in [5.41, 5.74) is 0. The zero-order valence-electron chi connectivity index (χ0n) is 6.21. The number of hydrogen-bond donors (Lipinski definition) is 1. The molecule has 1 unspecified atom stereocenters. The summed E-state index contributed by atoms with van der Waals surface area (Å²) < 4.78 is 4.98. The van der Waals surface area contributed by atoms with E-state index in [0.717, 1.165) is 0 Å². The Balaban J connectivity index is 2.58. The Hall–Kier alpha value is -0.440. The minimum Gasteiger partial charge on any atom is -0.464 e. The first-order valence-corrected chi connectivity index (χ1v) is 4.30. The van der Waals surface area contributed by atoms with E-state index in [1.165, 1.54) is 0 Å². The van der Waals surface area contributed by atoms with Gasteiger partial charge in [0.25, 0.3) is 0 Å². The third-order valence-electron chi connectivity index (χ3n) is 1.22. The topological polar surface area (TPSA) is 29.5 Å². The molecule has 0 aliphatic carbocycles. The monoisotopic (exact) mass is 206 g/mol. The molecule has 0 heterocycles. The van der Waals surface area contributed by atoms with Crippen molar-refractivity contribution >= 4 is 23.2 Å². The highest BCUT2D eigenvalue weighted by Crippen LogP contribution is 2.16. The van der Waals surface area contributed by atoms with E-state index in [4.69, 9.17) is 33.0 Å². The number of halogens is 2. The fourth-order valence-corrected chi connectivity index (χ4v) is 0.891. The minimum absolute atomic E-state index is 0.0443. The Labute approximate surface area is 80.7 Å². The molecule has 12 heavy (non-hydrogen) atoms. The molecule has 4 heteroatoms. The van der Waals surface area contributed by atoms with Gasteiger partial charge in [0.1, 0.15) is 5.75 Å². The summed E-state index contributed by atoms with van der Waals surface area (Å²) in [7, 11) is 0. The normalized spacial score (nSPS) is 12.6. The van der Waals surface area contributed by atoms with Gasteiger partial charge < -0.3 is 9.84 Å². The van der Waals surface area contributed by atoms with E-state index in [1.54, 1.807) is 24.3 Å². The van der Waals surface area contributed by atoms with Crippen LogP contribution in [0.25, 0.3) is 0 Å². The van der Waals surface area contributed by atoms with Crippen LogP contribution in [0.3, 0.4) is 0 Å². The van der Waals surface area contributed by atoms with Gasteiger partial charge in [0, 0.05) is 5.02 Å². The maximum absolute atomic E-state index is 8.99.